The van der Waals surface area contributed by atoms with Gasteiger partial charge >= 0.3 is 0 Å². The maximum atomic E-state index is 13.0. The second-order valence-corrected chi connectivity index (χ2v) is 6.37. The molecule has 138 valence electrons. The first kappa shape index (κ1) is 18.9. The summed E-state index contributed by atoms with van der Waals surface area (Å²) in [5.41, 5.74) is 0.947. The summed E-state index contributed by atoms with van der Waals surface area (Å²) in [7, 11) is 3.03. The molecule has 1 heterocycles. The molecule has 3 rings (SSSR count). The summed E-state index contributed by atoms with van der Waals surface area (Å²) in [6, 6.07) is 11.7. The molecule has 1 aliphatic rings. The molecular weight excluding hydrogens is 388 g/mol. The maximum absolute atomic E-state index is 13.0. The Kier molecular flexibility index (Phi) is 5.43. The van der Waals surface area contributed by atoms with Gasteiger partial charge in [-0.15, -0.1) is 0 Å². The van der Waals surface area contributed by atoms with Crippen molar-refractivity contribution in [1.29, 1.82) is 0 Å². The number of nitrogens with one attached hydrogen (secondary N) is 1. The molecule has 2 amide bonds. The van der Waals surface area contributed by atoms with E-state index in [-0.39, 0.29) is 10.7 Å². The molecule has 6 nitrogen and oxygen atoms in total. The minimum Gasteiger partial charge on any atom is -0.497 e. The van der Waals surface area contributed by atoms with Crippen molar-refractivity contribution >= 4 is 52.5 Å². The van der Waals surface area contributed by atoms with Gasteiger partial charge in [-0.25, -0.2) is 0 Å². The summed E-state index contributed by atoms with van der Waals surface area (Å²) >= 11 is 11.1. The highest BCUT2D eigenvalue weighted by Crippen LogP contribution is 2.28. The van der Waals surface area contributed by atoms with Crippen molar-refractivity contribution in [2.24, 2.45) is 0 Å². The van der Waals surface area contributed by atoms with Crippen molar-refractivity contribution in [3.63, 3.8) is 0 Å². The van der Waals surface area contributed by atoms with Gasteiger partial charge in [0.05, 0.1) is 19.9 Å². The standard InChI is InChI=1S/C19H15ClN2O4S/c1-25-14-7-8-16(26-2)11(9-14)10-15-17(23)21-19(27)22(18(15)24)13-5-3-12(20)4-6-13/h3-10H,1-2H3,(H,21,23,27)/b15-10-. The van der Waals surface area contributed by atoms with Crippen LogP contribution in [-0.2, 0) is 9.59 Å². The normalized spacial score (nSPS) is 15.7. The van der Waals surface area contributed by atoms with Crippen LogP contribution in [0, 0.1) is 0 Å². The molecule has 1 fully saturated rings. The monoisotopic (exact) mass is 402 g/mol. The number of hydrogen-bond donors (Lipinski definition) is 1. The Hall–Kier alpha value is -2.90. The zero-order chi connectivity index (χ0) is 19.6. The average Bonchev–Trinajstić information content (AvgIpc) is 2.66. The van der Waals surface area contributed by atoms with E-state index < -0.39 is 11.8 Å². The fourth-order valence-corrected chi connectivity index (χ4v) is 3.00. The number of hydrogen-bond acceptors (Lipinski definition) is 5. The number of rotatable bonds is 4. The van der Waals surface area contributed by atoms with Crippen molar-refractivity contribution in [1.82, 2.24) is 5.32 Å². The third-order valence-electron chi connectivity index (χ3n) is 3.92. The van der Waals surface area contributed by atoms with E-state index in [1.165, 1.54) is 25.2 Å². The first-order valence-electron chi connectivity index (χ1n) is 7.83. The van der Waals surface area contributed by atoms with Gasteiger partial charge in [0, 0.05) is 10.6 Å². The highest BCUT2D eigenvalue weighted by atomic mass is 35.5. The van der Waals surface area contributed by atoms with E-state index >= 15 is 0 Å². The van der Waals surface area contributed by atoms with Gasteiger partial charge in [-0.2, -0.15) is 0 Å². The molecule has 0 unspecified atom stereocenters. The van der Waals surface area contributed by atoms with Crippen molar-refractivity contribution in [3.05, 3.63) is 58.6 Å². The van der Waals surface area contributed by atoms with Crippen molar-refractivity contribution < 1.29 is 19.1 Å². The van der Waals surface area contributed by atoms with Gasteiger partial charge in [0.1, 0.15) is 17.1 Å². The predicted octanol–water partition coefficient (Wildman–Crippen LogP) is 3.19. The predicted molar refractivity (Wildman–Crippen MR) is 107 cm³/mol. The summed E-state index contributed by atoms with van der Waals surface area (Å²) in [4.78, 5) is 26.6. The van der Waals surface area contributed by atoms with Crippen molar-refractivity contribution in [2.75, 3.05) is 19.1 Å². The summed E-state index contributed by atoms with van der Waals surface area (Å²) in [5, 5.41) is 3.06. The zero-order valence-corrected chi connectivity index (χ0v) is 16.1. The van der Waals surface area contributed by atoms with Crippen LogP contribution in [0.25, 0.3) is 6.08 Å². The van der Waals surface area contributed by atoms with Crippen LogP contribution in [0.4, 0.5) is 5.69 Å². The lowest BCUT2D eigenvalue weighted by molar-refractivity contribution is -0.122. The maximum Gasteiger partial charge on any atom is 0.270 e. The number of carbonyl (C=O) groups excluding carboxylic acids is 2. The molecule has 0 spiro atoms. The van der Waals surface area contributed by atoms with E-state index in [9.17, 15) is 9.59 Å². The lowest BCUT2D eigenvalue weighted by Crippen LogP contribution is -2.54. The van der Waals surface area contributed by atoms with Gasteiger partial charge in [0.25, 0.3) is 11.8 Å². The van der Waals surface area contributed by atoms with E-state index in [0.717, 1.165) is 0 Å². The smallest absolute Gasteiger partial charge is 0.270 e. The fraction of sp³-hybridized carbons (Fsp3) is 0.105. The molecule has 2 aromatic rings. The second-order valence-electron chi connectivity index (χ2n) is 5.54. The molecule has 0 radical (unpaired) electrons. The second kappa shape index (κ2) is 7.77. The number of halogens is 1. The summed E-state index contributed by atoms with van der Waals surface area (Å²) < 4.78 is 10.5. The minimum absolute atomic E-state index is 0.00193. The number of benzene rings is 2. The van der Waals surface area contributed by atoms with Crippen LogP contribution in [0.3, 0.4) is 0 Å². The molecule has 0 aliphatic carbocycles. The van der Waals surface area contributed by atoms with Crippen LogP contribution >= 0.6 is 23.8 Å². The number of amides is 2. The molecule has 1 aliphatic heterocycles. The molecule has 0 bridgehead atoms. The van der Waals surface area contributed by atoms with E-state index in [4.69, 9.17) is 33.3 Å². The van der Waals surface area contributed by atoms with E-state index in [1.54, 1.807) is 42.5 Å². The quantitative estimate of drug-likeness (QED) is 0.483. The molecule has 27 heavy (non-hydrogen) atoms. The van der Waals surface area contributed by atoms with E-state index in [1.807, 2.05) is 0 Å². The fourth-order valence-electron chi connectivity index (χ4n) is 2.59. The molecule has 1 N–H and O–H groups in total. The van der Waals surface area contributed by atoms with Crippen LogP contribution in [0.15, 0.2) is 48.0 Å². The Balaban J connectivity index is 2.05. The van der Waals surface area contributed by atoms with Crippen LogP contribution < -0.4 is 19.7 Å². The first-order valence-corrected chi connectivity index (χ1v) is 8.62. The number of ether oxygens (including phenoxy) is 2. The average molecular weight is 403 g/mol. The molecule has 2 aromatic carbocycles. The number of methoxy groups -OCH3 is 2. The van der Waals surface area contributed by atoms with Gasteiger partial charge in [0.15, 0.2) is 5.11 Å². The Morgan fingerprint density at radius 1 is 1.07 bits per heavy atom. The lowest BCUT2D eigenvalue weighted by Gasteiger charge is -2.29. The van der Waals surface area contributed by atoms with Crippen LogP contribution in [0.5, 0.6) is 11.5 Å². The van der Waals surface area contributed by atoms with Gasteiger partial charge in [-0.05, 0) is 60.8 Å². The van der Waals surface area contributed by atoms with Crippen LogP contribution in [0.2, 0.25) is 5.02 Å². The third kappa shape index (κ3) is 3.79. The summed E-state index contributed by atoms with van der Waals surface area (Å²) in [5.74, 6) is -0.0671. The Bertz CT molecular complexity index is 957. The summed E-state index contributed by atoms with van der Waals surface area (Å²) in [6.45, 7) is 0. The molecule has 0 aromatic heterocycles. The van der Waals surface area contributed by atoms with Crippen molar-refractivity contribution in [2.45, 2.75) is 0 Å². The number of nitrogens with zero attached hydrogens (tertiary/aromatic N) is 1. The van der Waals surface area contributed by atoms with E-state index in [2.05, 4.69) is 5.32 Å². The number of thiocarbonyl (C=S) groups is 1. The molecular formula is C19H15ClN2O4S. The first-order chi connectivity index (χ1) is 12.9. The minimum atomic E-state index is -0.583. The van der Waals surface area contributed by atoms with E-state index in [0.29, 0.717) is 27.8 Å². The van der Waals surface area contributed by atoms with Gasteiger partial charge in [0.2, 0.25) is 0 Å². The van der Waals surface area contributed by atoms with Gasteiger partial charge in [-0.3, -0.25) is 19.8 Å². The summed E-state index contributed by atoms with van der Waals surface area (Å²) in [6.07, 6.45) is 1.45. The zero-order valence-electron chi connectivity index (χ0n) is 14.5. The Morgan fingerprint density at radius 2 is 1.78 bits per heavy atom. The molecule has 0 atom stereocenters. The Morgan fingerprint density at radius 3 is 2.41 bits per heavy atom. The number of anilines is 1. The third-order valence-corrected chi connectivity index (χ3v) is 4.46. The molecule has 1 saturated heterocycles. The highest BCUT2D eigenvalue weighted by Gasteiger charge is 2.34. The number of carbonyl (C=O) groups is 2. The highest BCUT2D eigenvalue weighted by molar-refractivity contribution is 7.80. The molecule has 8 heteroatoms. The van der Waals surface area contributed by atoms with Crippen LogP contribution in [-0.4, -0.2) is 31.1 Å². The Labute approximate surface area is 166 Å². The lowest BCUT2D eigenvalue weighted by atomic mass is 10.1. The molecule has 0 saturated carbocycles. The SMILES string of the molecule is COc1ccc(OC)c(/C=C2/C(=O)NC(=S)N(c3ccc(Cl)cc3)C2=O)c1. The van der Waals surface area contributed by atoms with Gasteiger partial charge < -0.3 is 9.47 Å². The topological polar surface area (TPSA) is 67.9 Å². The van der Waals surface area contributed by atoms with Crippen LogP contribution in [0.1, 0.15) is 5.56 Å². The van der Waals surface area contributed by atoms with Crippen molar-refractivity contribution in [3.8, 4) is 11.5 Å². The largest absolute Gasteiger partial charge is 0.497 e. The van der Waals surface area contributed by atoms with Gasteiger partial charge in [-0.1, -0.05) is 11.6 Å².